The lowest BCUT2D eigenvalue weighted by molar-refractivity contribution is -0.384. The molecular formula is C22H16ClI2N3O4. The van der Waals surface area contributed by atoms with Crippen LogP contribution in [0.4, 0.5) is 5.69 Å². The molecule has 0 aliphatic rings. The van der Waals surface area contributed by atoms with Crippen LogP contribution in [-0.2, 0) is 6.61 Å². The molecule has 0 heterocycles. The molecule has 3 aromatic rings. The summed E-state index contributed by atoms with van der Waals surface area (Å²) in [7, 11) is 0. The average Bonchev–Trinajstić information content (AvgIpc) is 2.73. The van der Waals surface area contributed by atoms with Crippen LogP contribution in [0.15, 0.2) is 59.7 Å². The monoisotopic (exact) mass is 675 g/mol. The van der Waals surface area contributed by atoms with Crippen molar-refractivity contribution in [2.75, 3.05) is 0 Å². The number of halogens is 3. The Labute approximate surface area is 216 Å². The minimum absolute atomic E-state index is 0.0241. The number of aryl methyl sites for hydroxylation is 1. The van der Waals surface area contributed by atoms with Crippen molar-refractivity contribution in [2.45, 2.75) is 13.5 Å². The molecule has 0 unspecified atom stereocenters. The molecule has 3 rings (SSSR count). The van der Waals surface area contributed by atoms with Gasteiger partial charge in [-0.25, -0.2) is 5.43 Å². The van der Waals surface area contributed by atoms with Gasteiger partial charge >= 0.3 is 0 Å². The summed E-state index contributed by atoms with van der Waals surface area (Å²) in [5.41, 5.74) is 5.29. The van der Waals surface area contributed by atoms with Gasteiger partial charge in [-0.2, -0.15) is 5.10 Å². The maximum absolute atomic E-state index is 12.3. The molecule has 0 fully saturated rings. The van der Waals surface area contributed by atoms with Gasteiger partial charge in [0.1, 0.15) is 12.4 Å². The number of carbonyl (C=O) groups is 1. The van der Waals surface area contributed by atoms with Crippen molar-refractivity contribution in [1.82, 2.24) is 5.43 Å². The highest BCUT2D eigenvalue weighted by atomic mass is 127. The van der Waals surface area contributed by atoms with E-state index in [1.54, 1.807) is 24.3 Å². The second-order valence-electron chi connectivity index (χ2n) is 6.71. The van der Waals surface area contributed by atoms with E-state index in [-0.39, 0.29) is 12.3 Å². The van der Waals surface area contributed by atoms with E-state index in [2.05, 4.69) is 55.7 Å². The fraction of sp³-hybridized carbons (Fsp3) is 0.0909. The van der Waals surface area contributed by atoms with E-state index in [1.165, 1.54) is 18.3 Å². The third-order valence-corrected chi connectivity index (χ3v) is 6.19. The number of nitro groups is 1. The molecule has 32 heavy (non-hydrogen) atoms. The number of hydrogen-bond donors (Lipinski definition) is 1. The summed E-state index contributed by atoms with van der Waals surface area (Å²) in [4.78, 5) is 22.8. The normalized spacial score (nSPS) is 10.9. The van der Waals surface area contributed by atoms with Crippen molar-refractivity contribution in [3.8, 4) is 5.75 Å². The van der Waals surface area contributed by atoms with Crippen LogP contribution in [0.1, 0.15) is 27.0 Å². The zero-order valence-electron chi connectivity index (χ0n) is 16.6. The van der Waals surface area contributed by atoms with E-state index in [1.807, 2.05) is 25.1 Å². The van der Waals surface area contributed by atoms with Crippen LogP contribution in [-0.4, -0.2) is 17.0 Å². The van der Waals surface area contributed by atoms with Gasteiger partial charge in [-0.05, 0) is 93.1 Å². The van der Waals surface area contributed by atoms with Crippen molar-refractivity contribution in [3.05, 3.63) is 99.1 Å². The molecule has 0 saturated heterocycles. The summed E-state index contributed by atoms with van der Waals surface area (Å²) in [6, 6.07) is 15.2. The van der Waals surface area contributed by atoms with Crippen molar-refractivity contribution in [2.24, 2.45) is 5.10 Å². The molecule has 0 saturated carbocycles. The SMILES string of the molecule is Cc1ccc(C(=O)N/N=C\c2cc(I)c(OCc3cccc([N+](=O)[O-])c3)c(I)c2)c(Cl)c1. The Morgan fingerprint density at radius 1 is 1.19 bits per heavy atom. The van der Waals surface area contributed by atoms with Gasteiger partial charge < -0.3 is 4.74 Å². The summed E-state index contributed by atoms with van der Waals surface area (Å²) in [5, 5.41) is 15.3. The maximum atomic E-state index is 12.3. The van der Waals surface area contributed by atoms with E-state index >= 15 is 0 Å². The number of hydrogen-bond acceptors (Lipinski definition) is 5. The Kier molecular flexibility index (Phi) is 8.43. The zero-order chi connectivity index (χ0) is 23.3. The predicted molar refractivity (Wildman–Crippen MR) is 141 cm³/mol. The standard InChI is InChI=1S/C22H16ClI2N3O4/c1-13-5-6-17(18(23)7-13)22(29)27-26-11-15-9-19(24)21(20(25)10-15)32-12-14-3-2-4-16(8-14)28(30)31/h2-11H,12H2,1H3,(H,27,29)/b26-11-. The second kappa shape index (κ2) is 11.1. The minimum Gasteiger partial charge on any atom is -0.487 e. The van der Waals surface area contributed by atoms with Gasteiger partial charge in [0.2, 0.25) is 0 Å². The van der Waals surface area contributed by atoms with Gasteiger partial charge in [-0.3, -0.25) is 14.9 Å². The van der Waals surface area contributed by atoms with Crippen LogP contribution < -0.4 is 10.2 Å². The van der Waals surface area contributed by atoms with Crippen molar-refractivity contribution < 1.29 is 14.5 Å². The second-order valence-corrected chi connectivity index (χ2v) is 9.44. The van der Waals surface area contributed by atoms with Gasteiger partial charge in [0, 0.05) is 12.1 Å². The predicted octanol–water partition coefficient (Wildman–Crippen LogP) is 6.11. The molecule has 0 spiro atoms. The third-order valence-electron chi connectivity index (χ3n) is 4.27. The number of non-ortho nitro benzene ring substituents is 1. The molecular weight excluding hydrogens is 660 g/mol. The molecule has 7 nitrogen and oxygen atoms in total. The molecule has 0 atom stereocenters. The van der Waals surface area contributed by atoms with Gasteiger partial charge in [-0.15, -0.1) is 0 Å². The average molecular weight is 676 g/mol. The number of hydrazone groups is 1. The number of ether oxygens (including phenoxy) is 1. The third kappa shape index (κ3) is 6.39. The first-order chi connectivity index (χ1) is 15.2. The van der Waals surface area contributed by atoms with Crippen molar-refractivity contribution in [3.63, 3.8) is 0 Å². The van der Waals surface area contributed by atoms with Gasteiger partial charge in [-0.1, -0.05) is 29.8 Å². The number of nitrogens with one attached hydrogen (secondary N) is 1. The zero-order valence-corrected chi connectivity index (χ0v) is 21.7. The number of nitrogens with zero attached hydrogens (tertiary/aromatic N) is 2. The van der Waals surface area contributed by atoms with Gasteiger partial charge in [0.25, 0.3) is 11.6 Å². The lowest BCUT2D eigenvalue weighted by atomic mass is 10.1. The van der Waals surface area contributed by atoms with Crippen molar-refractivity contribution in [1.29, 1.82) is 0 Å². The number of nitro benzene ring substituents is 1. The Bertz CT molecular complexity index is 1190. The summed E-state index contributed by atoms with van der Waals surface area (Å²) in [6.45, 7) is 2.10. The Morgan fingerprint density at radius 3 is 2.56 bits per heavy atom. The first-order valence-electron chi connectivity index (χ1n) is 9.19. The fourth-order valence-electron chi connectivity index (χ4n) is 2.74. The lowest BCUT2D eigenvalue weighted by Crippen LogP contribution is -2.18. The number of amides is 1. The largest absolute Gasteiger partial charge is 0.487 e. The lowest BCUT2D eigenvalue weighted by Gasteiger charge is -2.11. The topological polar surface area (TPSA) is 93.8 Å². The summed E-state index contributed by atoms with van der Waals surface area (Å²) in [6.07, 6.45) is 1.54. The van der Waals surface area contributed by atoms with Crippen molar-refractivity contribution >= 4 is 74.6 Å². The summed E-state index contributed by atoms with van der Waals surface area (Å²) < 4.78 is 7.58. The van der Waals surface area contributed by atoms with Gasteiger partial charge in [0.15, 0.2) is 0 Å². The highest BCUT2D eigenvalue weighted by molar-refractivity contribution is 14.1. The molecule has 0 radical (unpaired) electrons. The number of carbonyl (C=O) groups excluding carboxylic acids is 1. The van der Waals surface area contributed by atoms with E-state index in [0.717, 1.165) is 18.3 Å². The number of rotatable bonds is 7. The maximum Gasteiger partial charge on any atom is 0.272 e. The van der Waals surface area contributed by atoms with Crippen LogP contribution in [0.3, 0.4) is 0 Å². The van der Waals surface area contributed by atoms with Crippen LogP contribution in [0.5, 0.6) is 5.75 Å². The first-order valence-corrected chi connectivity index (χ1v) is 11.7. The highest BCUT2D eigenvalue weighted by Gasteiger charge is 2.12. The van der Waals surface area contributed by atoms with Crippen LogP contribution in [0.2, 0.25) is 5.02 Å². The Morgan fingerprint density at radius 2 is 1.91 bits per heavy atom. The van der Waals surface area contributed by atoms with E-state index in [9.17, 15) is 14.9 Å². The molecule has 10 heteroatoms. The smallest absolute Gasteiger partial charge is 0.272 e. The highest BCUT2D eigenvalue weighted by Crippen LogP contribution is 2.29. The van der Waals surface area contributed by atoms with E-state index < -0.39 is 10.8 Å². The Hall–Kier alpha value is -2.25. The molecule has 1 amide bonds. The first kappa shape index (κ1) is 24.4. The molecule has 0 aliphatic heterocycles. The quantitative estimate of drug-likeness (QED) is 0.142. The molecule has 164 valence electrons. The minimum atomic E-state index is -0.434. The van der Waals surface area contributed by atoms with Crippen LogP contribution in [0, 0.1) is 24.2 Å². The van der Waals surface area contributed by atoms with E-state index in [0.29, 0.717) is 21.9 Å². The molecule has 0 bridgehead atoms. The molecule has 0 aliphatic carbocycles. The summed E-state index contributed by atoms with van der Waals surface area (Å²) in [5.74, 6) is 0.276. The molecule has 1 N–H and O–H groups in total. The summed E-state index contributed by atoms with van der Waals surface area (Å²) >= 11 is 10.4. The Balaban J connectivity index is 1.66. The molecule has 0 aromatic heterocycles. The van der Waals surface area contributed by atoms with E-state index in [4.69, 9.17) is 16.3 Å². The molecule has 3 aromatic carbocycles. The number of benzene rings is 3. The fourth-order valence-corrected chi connectivity index (χ4v) is 5.19. The van der Waals surface area contributed by atoms with Crippen LogP contribution >= 0.6 is 56.8 Å². The van der Waals surface area contributed by atoms with Gasteiger partial charge in [0.05, 0.1) is 28.9 Å². The van der Waals surface area contributed by atoms with Crippen LogP contribution in [0.25, 0.3) is 0 Å².